The van der Waals surface area contributed by atoms with Crippen molar-refractivity contribution in [1.29, 1.82) is 0 Å². The summed E-state index contributed by atoms with van der Waals surface area (Å²) in [5.41, 5.74) is 10.1. The van der Waals surface area contributed by atoms with Crippen LogP contribution in [0.4, 0.5) is 0 Å². The molecule has 0 amide bonds. The van der Waals surface area contributed by atoms with Gasteiger partial charge in [-0.3, -0.25) is 0 Å². The fraction of sp³-hybridized carbons (Fsp3) is 0. The second-order valence-electron chi connectivity index (χ2n) is 12.9. The van der Waals surface area contributed by atoms with Gasteiger partial charge in [0.1, 0.15) is 11.2 Å². The summed E-state index contributed by atoms with van der Waals surface area (Å²) in [6, 6.07) is 56.0. The monoisotopic (exact) mass is 622 g/mol. The van der Waals surface area contributed by atoms with Gasteiger partial charge in [-0.25, -0.2) is 9.97 Å². The first-order valence-corrected chi connectivity index (χ1v) is 16.7. The topological polar surface area (TPSA) is 38.9 Å². The Morgan fingerprint density at radius 2 is 0.918 bits per heavy atom. The number of pyridine rings is 2. The smallest absolute Gasteiger partial charge is 0.143 e. The Balaban J connectivity index is 1.14. The van der Waals surface area contributed by atoms with Crippen molar-refractivity contribution in [3.63, 3.8) is 0 Å². The summed E-state index contributed by atoms with van der Waals surface area (Å²) in [6.07, 6.45) is 0. The summed E-state index contributed by atoms with van der Waals surface area (Å²) >= 11 is 0. The zero-order chi connectivity index (χ0) is 32.1. The highest BCUT2D eigenvalue weighted by Gasteiger charge is 2.18. The maximum absolute atomic E-state index is 6.49. The predicted molar refractivity (Wildman–Crippen MR) is 204 cm³/mol. The number of hydrogen-bond acceptors (Lipinski definition) is 3. The molecule has 0 unspecified atom stereocenters. The minimum atomic E-state index is 0.912. The summed E-state index contributed by atoms with van der Waals surface area (Å²) in [4.78, 5) is 10.5. The first kappa shape index (κ1) is 26.5. The van der Waals surface area contributed by atoms with Crippen LogP contribution in [0.25, 0.3) is 110 Å². The van der Waals surface area contributed by atoms with Crippen molar-refractivity contribution in [3.8, 4) is 33.6 Å². The van der Waals surface area contributed by atoms with E-state index in [9.17, 15) is 0 Å². The van der Waals surface area contributed by atoms with Gasteiger partial charge in [0.15, 0.2) is 0 Å². The summed E-state index contributed by atoms with van der Waals surface area (Å²) < 4.78 is 6.49. The van der Waals surface area contributed by atoms with Crippen LogP contribution in [-0.4, -0.2) is 9.97 Å². The van der Waals surface area contributed by atoms with E-state index in [1.165, 1.54) is 37.9 Å². The lowest BCUT2D eigenvalue weighted by Crippen LogP contribution is -1.93. The van der Waals surface area contributed by atoms with Gasteiger partial charge in [-0.2, -0.15) is 0 Å². The molecule has 0 radical (unpaired) electrons. The standard InChI is InChI=1S/C46H26N2O/c1-2-7-27(8-3-1)39-25-19-30-13-14-31-20-26-40(48-45(31)44(30)47-39)33-22-16-29-17-23-35-32(21-15-28-18-24-36(33)43(29)42(28)35)37-10-6-11-38-34-9-4-5-12-41(34)49-46(37)38/h1-26H. The largest absolute Gasteiger partial charge is 0.455 e. The highest BCUT2D eigenvalue weighted by Crippen LogP contribution is 2.44. The van der Waals surface area contributed by atoms with Gasteiger partial charge in [-0.1, -0.05) is 140 Å². The lowest BCUT2D eigenvalue weighted by molar-refractivity contribution is 0.670. The Morgan fingerprint density at radius 3 is 1.69 bits per heavy atom. The number of benzene rings is 8. The van der Waals surface area contributed by atoms with Crippen LogP contribution in [0.5, 0.6) is 0 Å². The molecule has 0 bridgehead atoms. The Morgan fingerprint density at radius 1 is 0.347 bits per heavy atom. The van der Waals surface area contributed by atoms with Crippen LogP contribution in [0.15, 0.2) is 162 Å². The van der Waals surface area contributed by atoms with Crippen molar-refractivity contribution in [2.45, 2.75) is 0 Å². The third-order valence-electron chi connectivity index (χ3n) is 10.2. The zero-order valence-electron chi connectivity index (χ0n) is 26.3. The van der Waals surface area contributed by atoms with E-state index in [2.05, 4.69) is 140 Å². The Kier molecular flexibility index (Phi) is 5.38. The first-order valence-electron chi connectivity index (χ1n) is 16.7. The average Bonchev–Trinajstić information content (AvgIpc) is 3.56. The van der Waals surface area contributed by atoms with Gasteiger partial charge in [0.2, 0.25) is 0 Å². The lowest BCUT2D eigenvalue weighted by Gasteiger charge is -2.16. The zero-order valence-corrected chi connectivity index (χ0v) is 26.3. The van der Waals surface area contributed by atoms with Crippen molar-refractivity contribution in [2.24, 2.45) is 0 Å². The van der Waals surface area contributed by atoms with Crippen LogP contribution in [0.2, 0.25) is 0 Å². The van der Waals surface area contributed by atoms with E-state index in [1.807, 2.05) is 18.2 Å². The molecule has 11 aromatic rings. The molecule has 3 heteroatoms. The molecule has 0 fully saturated rings. The second-order valence-corrected chi connectivity index (χ2v) is 12.9. The average molecular weight is 623 g/mol. The first-order chi connectivity index (χ1) is 24.3. The Labute approximate surface area is 281 Å². The number of para-hydroxylation sites is 2. The quantitative estimate of drug-likeness (QED) is 0.184. The van der Waals surface area contributed by atoms with Crippen LogP contribution in [0.1, 0.15) is 0 Å². The molecule has 0 saturated heterocycles. The molecule has 11 rings (SSSR count). The van der Waals surface area contributed by atoms with E-state index in [-0.39, 0.29) is 0 Å². The predicted octanol–water partition coefficient (Wildman–Crippen LogP) is 12.6. The molecule has 0 aliphatic heterocycles. The van der Waals surface area contributed by atoms with Crippen molar-refractivity contribution in [3.05, 3.63) is 158 Å². The number of aromatic nitrogens is 2. The highest BCUT2D eigenvalue weighted by molar-refractivity contribution is 6.28. The summed E-state index contributed by atoms with van der Waals surface area (Å²) in [5.74, 6) is 0. The molecule has 0 aliphatic rings. The molecule has 0 saturated carbocycles. The fourth-order valence-corrected chi connectivity index (χ4v) is 7.91. The van der Waals surface area contributed by atoms with Crippen LogP contribution in [-0.2, 0) is 0 Å². The van der Waals surface area contributed by atoms with Gasteiger partial charge in [0.25, 0.3) is 0 Å². The number of fused-ring (bicyclic) bond motifs is 6. The van der Waals surface area contributed by atoms with Gasteiger partial charge < -0.3 is 4.42 Å². The molecule has 0 atom stereocenters. The second kappa shape index (κ2) is 9.96. The summed E-state index contributed by atoms with van der Waals surface area (Å²) in [6.45, 7) is 0. The SMILES string of the molecule is c1ccc(-c2ccc3ccc4ccc(-c5ccc6ccc7c(-c8cccc9c8oc8ccccc89)ccc8ccc5c6c87)nc4c3n2)cc1. The van der Waals surface area contributed by atoms with Gasteiger partial charge in [-0.05, 0) is 56.1 Å². The van der Waals surface area contributed by atoms with Crippen molar-refractivity contribution >= 4 is 76.1 Å². The van der Waals surface area contributed by atoms with Crippen LogP contribution in [0.3, 0.4) is 0 Å². The normalized spacial score (nSPS) is 12.1. The fourth-order valence-electron chi connectivity index (χ4n) is 7.91. The molecular formula is C46H26N2O. The van der Waals surface area contributed by atoms with Crippen molar-refractivity contribution in [1.82, 2.24) is 9.97 Å². The minimum Gasteiger partial charge on any atom is -0.455 e. The highest BCUT2D eigenvalue weighted by atomic mass is 16.3. The van der Waals surface area contributed by atoms with E-state index in [0.717, 1.165) is 71.8 Å². The molecule has 3 heterocycles. The summed E-state index contributed by atoms with van der Waals surface area (Å²) in [5, 5.41) is 11.8. The van der Waals surface area contributed by atoms with E-state index in [0.29, 0.717) is 0 Å². The van der Waals surface area contributed by atoms with Gasteiger partial charge >= 0.3 is 0 Å². The maximum atomic E-state index is 6.49. The molecule has 3 nitrogen and oxygen atoms in total. The van der Waals surface area contributed by atoms with Crippen LogP contribution < -0.4 is 0 Å². The van der Waals surface area contributed by atoms with Gasteiger partial charge in [0.05, 0.1) is 22.4 Å². The van der Waals surface area contributed by atoms with Crippen LogP contribution >= 0.6 is 0 Å². The molecule has 0 aliphatic carbocycles. The Hall–Kier alpha value is -6.58. The molecule has 226 valence electrons. The Bertz CT molecular complexity index is 3100. The van der Waals surface area contributed by atoms with Gasteiger partial charge in [0, 0.05) is 38.2 Å². The third kappa shape index (κ3) is 3.84. The maximum Gasteiger partial charge on any atom is 0.143 e. The molecule has 49 heavy (non-hydrogen) atoms. The van der Waals surface area contributed by atoms with E-state index in [4.69, 9.17) is 14.4 Å². The van der Waals surface area contributed by atoms with E-state index in [1.54, 1.807) is 0 Å². The molecule has 0 N–H and O–H groups in total. The van der Waals surface area contributed by atoms with Crippen molar-refractivity contribution in [2.75, 3.05) is 0 Å². The third-order valence-corrected chi connectivity index (χ3v) is 10.2. The number of nitrogens with zero attached hydrogens (tertiary/aromatic N) is 2. The van der Waals surface area contributed by atoms with E-state index >= 15 is 0 Å². The summed E-state index contributed by atoms with van der Waals surface area (Å²) in [7, 11) is 0. The number of furan rings is 1. The van der Waals surface area contributed by atoms with Crippen LogP contribution in [0, 0.1) is 0 Å². The molecule has 8 aromatic carbocycles. The number of rotatable bonds is 3. The molecule has 3 aromatic heterocycles. The van der Waals surface area contributed by atoms with Gasteiger partial charge in [-0.15, -0.1) is 0 Å². The van der Waals surface area contributed by atoms with E-state index < -0.39 is 0 Å². The van der Waals surface area contributed by atoms with Crippen molar-refractivity contribution < 1.29 is 4.42 Å². The molecular weight excluding hydrogens is 597 g/mol. The lowest BCUT2D eigenvalue weighted by atomic mass is 9.87. The number of hydrogen-bond donors (Lipinski definition) is 0. The molecule has 0 spiro atoms. The minimum absolute atomic E-state index is 0.912.